The first-order chi connectivity index (χ1) is 5.75. The molecule has 3 radical (unpaired) electrons. The van der Waals surface area contributed by atoms with E-state index in [-0.39, 0.29) is 0 Å². The van der Waals surface area contributed by atoms with Crippen molar-refractivity contribution in [3.63, 3.8) is 0 Å². The Balaban J connectivity index is 3.00. The minimum absolute atomic E-state index is 0.569. The van der Waals surface area contributed by atoms with Crippen molar-refractivity contribution in [3.05, 3.63) is 42.0 Å². The van der Waals surface area contributed by atoms with E-state index in [4.69, 9.17) is 4.43 Å². The Bertz CT molecular complexity index is 281. The maximum atomic E-state index is 4.88. The Morgan fingerprint density at radius 3 is 2.75 bits per heavy atom. The third kappa shape index (κ3) is 2.06. The van der Waals surface area contributed by atoms with Crippen molar-refractivity contribution in [2.24, 2.45) is 0 Å². The predicted octanol–water partition coefficient (Wildman–Crippen LogP) is 2.32. The highest BCUT2D eigenvalue weighted by Crippen LogP contribution is 2.17. The van der Waals surface area contributed by atoms with Crippen LogP contribution in [0.5, 0.6) is 0 Å². The third-order valence-corrected chi connectivity index (χ3v) is 1.85. The van der Waals surface area contributed by atoms with E-state index in [9.17, 15) is 0 Å². The average Bonchev–Trinajstić information content (AvgIpc) is 2.05. The second-order valence-electron chi connectivity index (χ2n) is 2.73. The van der Waals surface area contributed by atoms with E-state index in [1.165, 1.54) is 0 Å². The number of benzene rings is 1. The summed E-state index contributed by atoms with van der Waals surface area (Å²) in [5, 5.41) is 0. The molecule has 0 amide bonds. The van der Waals surface area contributed by atoms with Crippen LogP contribution >= 0.6 is 0 Å². The Morgan fingerprint density at radius 1 is 1.50 bits per heavy atom. The lowest BCUT2D eigenvalue weighted by Crippen LogP contribution is -1.93. The highest BCUT2D eigenvalue weighted by molar-refractivity contribution is 5.97. The van der Waals surface area contributed by atoms with Gasteiger partial charge in [0.15, 0.2) is 0 Å². The van der Waals surface area contributed by atoms with E-state index in [0.29, 0.717) is 6.61 Å². The largest absolute Gasteiger partial charge is 0.414 e. The van der Waals surface area contributed by atoms with Crippen LogP contribution in [0.3, 0.4) is 0 Å². The molecule has 12 heavy (non-hydrogen) atoms. The summed E-state index contributed by atoms with van der Waals surface area (Å²) in [6.45, 7) is 6.46. The highest BCUT2D eigenvalue weighted by Gasteiger charge is 1.99. The Morgan fingerprint density at radius 2 is 2.17 bits per heavy atom. The van der Waals surface area contributed by atoms with Crippen molar-refractivity contribution in [1.29, 1.82) is 0 Å². The fourth-order valence-corrected chi connectivity index (χ4v) is 1.30. The van der Waals surface area contributed by atoms with Crippen LogP contribution in [0.15, 0.2) is 30.8 Å². The number of hydrogen-bond acceptors (Lipinski definition) is 1. The summed E-state index contributed by atoms with van der Waals surface area (Å²) in [6.07, 6.45) is 0. The van der Waals surface area contributed by atoms with Crippen molar-refractivity contribution in [2.75, 3.05) is 0 Å². The molecule has 0 saturated carbocycles. The van der Waals surface area contributed by atoms with Gasteiger partial charge in [-0.25, -0.2) is 0 Å². The van der Waals surface area contributed by atoms with Crippen molar-refractivity contribution >= 4 is 16.1 Å². The topological polar surface area (TPSA) is 9.23 Å². The molecule has 0 fully saturated rings. The summed E-state index contributed by atoms with van der Waals surface area (Å²) in [4.78, 5) is 0. The summed E-state index contributed by atoms with van der Waals surface area (Å²) >= 11 is 0. The van der Waals surface area contributed by atoms with Gasteiger partial charge in [-0.1, -0.05) is 36.4 Å². The molecule has 0 unspecified atom stereocenters. The van der Waals surface area contributed by atoms with Gasteiger partial charge >= 0.3 is 0 Å². The first kappa shape index (κ1) is 9.23. The van der Waals surface area contributed by atoms with E-state index in [1.54, 1.807) is 0 Å². The average molecular weight is 175 g/mol. The Hall–Kier alpha value is -0.863. The van der Waals surface area contributed by atoms with Crippen molar-refractivity contribution in [3.8, 4) is 0 Å². The van der Waals surface area contributed by atoms with Crippen molar-refractivity contribution in [2.45, 2.75) is 13.5 Å². The van der Waals surface area contributed by atoms with Crippen LogP contribution in [0.25, 0.3) is 5.57 Å². The Labute approximate surface area is 76.6 Å². The van der Waals surface area contributed by atoms with E-state index in [1.807, 2.05) is 31.2 Å². The molecule has 0 heterocycles. The molecule has 1 nitrogen and oxygen atoms in total. The normalized spacial score (nSPS) is 9.83. The molecule has 0 saturated heterocycles. The smallest absolute Gasteiger partial charge is 0.246 e. The van der Waals surface area contributed by atoms with Gasteiger partial charge in [-0.15, -0.1) is 0 Å². The number of allylic oxidation sites excluding steroid dienone is 1. The molecule has 0 atom stereocenters. The summed E-state index contributed by atoms with van der Waals surface area (Å²) in [6, 6.07) is 8.07. The van der Waals surface area contributed by atoms with Gasteiger partial charge in [0, 0.05) is 0 Å². The zero-order valence-corrected chi connectivity index (χ0v) is 8.13. The van der Waals surface area contributed by atoms with Crippen LogP contribution in [0.1, 0.15) is 18.1 Å². The fraction of sp³-hybridized carbons (Fsp3) is 0.200. The third-order valence-electron chi connectivity index (χ3n) is 1.70. The minimum atomic E-state index is 0.569. The zero-order chi connectivity index (χ0) is 8.97. The molecule has 1 aromatic carbocycles. The fourth-order valence-electron chi connectivity index (χ4n) is 1.14. The van der Waals surface area contributed by atoms with E-state index >= 15 is 0 Å². The van der Waals surface area contributed by atoms with Crippen LogP contribution in [-0.4, -0.2) is 10.5 Å². The van der Waals surface area contributed by atoms with Crippen molar-refractivity contribution < 1.29 is 4.43 Å². The molecule has 2 heteroatoms. The first-order valence-corrected chi connectivity index (χ1v) is 4.19. The molecule has 0 aliphatic carbocycles. The molecule has 0 aliphatic heterocycles. The van der Waals surface area contributed by atoms with Crippen LogP contribution in [0.4, 0.5) is 0 Å². The lowest BCUT2D eigenvalue weighted by Gasteiger charge is -2.07. The maximum absolute atomic E-state index is 4.88. The van der Waals surface area contributed by atoms with Gasteiger partial charge < -0.3 is 4.43 Å². The van der Waals surface area contributed by atoms with Gasteiger partial charge in [0.1, 0.15) is 0 Å². The van der Waals surface area contributed by atoms with Gasteiger partial charge in [0.05, 0.1) is 6.61 Å². The molecule has 0 aliphatic rings. The Kier molecular flexibility index (Phi) is 3.26. The summed E-state index contributed by atoms with van der Waals surface area (Å²) < 4.78 is 4.88. The standard InChI is InChI=1S/C10H11OSi/c1-8(2)10-6-4-3-5-9(10)7-11-12/h3-6H,1,7H2,2H3. The first-order valence-electron chi connectivity index (χ1n) is 3.78. The van der Waals surface area contributed by atoms with Crippen LogP contribution < -0.4 is 0 Å². The molecule has 61 valence electrons. The molecular weight excluding hydrogens is 164 g/mol. The molecule has 0 spiro atoms. The lowest BCUT2D eigenvalue weighted by atomic mass is 10.0. The highest BCUT2D eigenvalue weighted by atomic mass is 28.2. The lowest BCUT2D eigenvalue weighted by molar-refractivity contribution is 0.338. The summed E-state index contributed by atoms with van der Waals surface area (Å²) in [7, 11) is 2.99. The van der Waals surface area contributed by atoms with E-state index < -0.39 is 0 Å². The summed E-state index contributed by atoms with van der Waals surface area (Å²) in [5.74, 6) is 0. The predicted molar refractivity (Wildman–Crippen MR) is 51.7 cm³/mol. The van der Waals surface area contributed by atoms with Gasteiger partial charge in [-0.3, -0.25) is 0 Å². The summed E-state index contributed by atoms with van der Waals surface area (Å²) in [5.41, 5.74) is 3.38. The van der Waals surface area contributed by atoms with Gasteiger partial charge in [0.2, 0.25) is 10.5 Å². The molecule has 0 aromatic heterocycles. The molecule has 0 N–H and O–H groups in total. The van der Waals surface area contributed by atoms with Gasteiger partial charge in [-0.05, 0) is 18.1 Å². The SMILES string of the molecule is C=C(C)c1ccccc1CO[Si]. The van der Waals surface area contributed by atoms with Gasteiger partial charge in [-0.2, -0.15) is 0 Å². The number of hydrogen-bond donors (Lipinski definition) is 0. The molecule has 1 aromatic rings. The van der Waals surface area contributed by atoms with Crippen LogP contribution in [-0.2, 0) is 11.0 Å². The van der Waals surface area contributed by atoms with Crippen LogP contribution in [0.2, 0.25) is 0 Å². The van der Waals surface area contributed by atoms with Gasteiger partial charge in [0.25, 0.3) is 0 Å². The zero-order valence-electron chi connectivity index (χ0n) is 7.13. The number of rotatable bonds is 3. The second-order valence-corrected chi connectivity index (χ2v) is 3.01. The molecule has 1 rings (SSSR count). The molecular formula is C10H11OSi. The monoisotopic (exact) mass is 175 g/mol. The maximum Gasteiger partial charge on any atom is 0.246 e. The van der Waals surface area contributed by atoms with E-state index in [0.717, 1.165) is 16.7 Å². The van der Waals surface area contributed by atoms with Crippen LogP contribution in [0, 0.1) is 0 Å². The second kappa shape index (κ2) is 4.23. The van der Waals surface area contributed by atoms with E-state index in [2.05, 4.69) is 17.1 Å². The molecule has 0 bridgehead atoms. The minimum Gasteiger partial charge on any atom is -0.414 e. The van der Waals surface area contributed by atoms with Crippen molar-refractivity contribution in [1.82, 2.24) is 0 Å². The quantitative estimate of drug-likeness (QED) is 0.641.